The fraction of sp³-hybridized carbons (Fsp3) is 0.148. The Bertz CT molecular complexity index is 1590. The van der Waals surface area contributed by atoms with Gasteiger partial charge in [0, 0.05) is 23.5 Å². The highest BCUT2D eigenvalue weighted by molar-refractivity contribution is 6.42. The number of anilines is 2. The number of nitrogens with one attached hydrogen (secondary N) is 1. The molecule has 3 aromatic rings. The average Bonchev–Trinajstić information content (AvgIpc) is 2.81. The maximum Gasteiger partial charge on any atom is 0.125 e. The van der Waals surface area contributed by atoms with Gasteiger partial charge < -0.3 is 9.88 Å². The third kappa shape index (κ3) is 4.72. The quantitative estimate of drug-likeness (QED) is 0.260. The number of benzene rings is 3. The topological polar surface area (TPSA) is 55.1 Å². The lowest BCUT2D eigenvalue weighted by Crippen LogP contribution is -2.16. The van der Waals surface area contributed by atoms with Crippen LogP contribution in [0.4, 0.5) is 15.8 Å². The van der Waals surface area contributed by atoms with Crippen LogP contribution in [0, 0.1) is 12.7 Å². The molecule has 1 N–H and O–H groups in total. The summed E-state index contributed by atoms with van der Waals surface area (Å²) < 4.78 is 16.2. The summed E-state index contributed by atoms with van der Waals surface area (Å²) in [5, 5.41) is 5.07. The number of halogens is 3. The van der Waals surface area contributed by atoms with Crippen molar-refractivity contribution in [2.24, 2.45) is 4.99 Å². The van der Waals surface area contributed by atoms with Crippen molar-refractivity contribution in [3.63, 3.8) is 0 Å². The summed E-state index contributed by atoms with van der Waals surface area (Å²) in [5.41, 5.74) is 6.03. The van der Waals surface area contributed by atoms with Gasteiger partial charge in [0.15, 0.2) is 0 Å². The van der Waals surface area contributed by atoms with Crippen LogP contribution in [0.2, 0.25) is 10.0 Å². The van der Waals surface area contributed by atoms with Crippen molar-refractivity contribution in [3.8, 4) is 17.1 Å². The molecule has 0 unspecified atom stereocenters. The second-order valence-electron chi connectivity index (χ2n) is 8.57. The Morgan fingerprint density at radius 1 is 0.971 bits per heavy atom. The highest BCUT2D eigenvalue weighted by Crippen LogP contribution is 2.33. The molecule has 0 amide bonds. The van der Waals surface area contributed by atoms with Crippen molar-refractivity contribution in [2.45, 2.75) is 26.8 Å². The zero-order valence-electron chi connectivity index (χ0n) is 19.4. The molecule has 0 radical (unpaired) electrons. The number of aryl methyl sites for hydroxylation is 1. The van der Waals surface area contributed by atoms with Gasteiger partial charge >= 0.3 is 0 Å². The first-order valence-corrected chi connectivity index (χ1v) is 11.9. The van der Waals surface area contributed by atoms with Crippen molar-refractivity contribution in [2.75, 3.05) is 5.32 Å². The van der Waals surface area contributed by atoms with Crippen LogP contribution in [-0.2, 0) is 0 Å². The number of aromatic nitrogens is 3. The highest BCUT2D eigenvalue weighted by Gasteiger charge is 2.18. The molecule has 1 aliphatic heterocycles. The fourth-order valence-electron chi connectivity index (χ4n) is 3.95. The molecule has 0 saturated carbocycles. The summed E-state index contributed by atoms with van der Waals surface area (Å²) in [7, 11) is 0. The molecule has 0 bridgehead atoms. The minimum atomic E-state index is -0.361. The lowest BCUT2D eigenvalue weighted by atomic mass is 10.1. The molecule has 8 heteroatoms. The van der Waals surface area contributed by atoms with E-state index >= 15 is 0 Å². The predicted molar refractivity (Wildman–Crippen MR) is 141 cm³/mol. The number of hydrogen-bond donors (Lipinski definition) is 1. The van der Waals surface area contributed by atoms with Crippen LogP contribution < -0.4 is 10.7 Å². The van der Waals surface area contributed by atoms with Gasteiger partial charge in [-0.05, 0) is 75.4 Å². The molecule has 35 heavy (non-hydrogen) atoms. The van der Waals surface area contributed by atoms with Crippen LogP contribution in [0.25, 0.3) is 28.1 Å². The van der Waals surface area contributed by atoms with Gasteiger partial charge in [-0.15, -0.1) is 0 Å². The second-order valence-corrected chi connectivity index (χ2v) is 9.39. The summed E-state index contributed by atoms with van der Waals surface area (Å²) in [5.74, 6) is -0.361. The van der Waals surface area contributed by atoms with Crippen LogP contribution in [0.3, 0.4) is 0 Å². The van der Waals surface area contributed by atoms with E-state index in [4.69, 9.17) is 33.2 Å². The van der Waals surface area contributed by atoms with Crippen LogP contribution in [-0.4, -0.2) is 20.6 Å². The van der Waals surface area contributed by atoms with E-state index in [1.54, 1.807) is 24.4 Å². The molecule has 0 atom stereocenters. The fourth-order valence-corrected chi connectivity index (χ4v) is 4.25. The van der Waals surface area contributed by atoms with Crippen molar-refractivity contribution in [3.05, 3.63) is 93.8 Å². The van der Waals surface area contributed by atoms with Crippen LogP contribution in [0.15, 0.2) is 71.9 Å². The normalized spacial score (nSPS) is 12.1. The van der Waals surface area contributed by atoms with Gasteiger partial charge in [-0.25, -0.2) is 9.37 Å². The van der Waals surface area contributed by atoms with Crippen LogP contribution >= 0.6 is 23.2 Å². The highest BCUT2D eigenvalue weighted by atomic mass is 35.5. The number of hydrogen-bond acceptors (Lipinski definition) is 4. The zero-order chi connectivity index (χ0) is 24.7. The van der Waals surface area contributed by atoms with E-state index in [-0.39, 0.29) is 11.9 Å². The van der Waals surface area contributed by atoms with E-state index in [2.05, 4.69) is 10.3 Å². The SMILES string of the molecule is Cc1ccc(Nc2cc3nc4cc(F)ccc4n(-c4ccc(Cl)c(Cl)c4)c-3c/c2=N\C(C)C)cn1. The Morgan fingerprint density at radius 3 is 2.51 bits per heavy atom. The van der Waals surface area contributed by atoms with Gasteiger partial charge in [0.25, 0.3) is 0 Å². The molecule has 176 valence electrons. The van der Waals surface area contributed by atoms with E-state index in [0.717, 1.165) is 39.3 Å². The molecule has 0 fully saturated rings. The van der Waals surface area contributed by atoms with Crippen molar-refractivity contribution in [1.82, 2.24) is 14.5 Å². The maximum atomic E-state index is 14.2. The summed E-state index contributed by atoms with van der Waals surface area (Å²) in [6, 6.07) is 17.8. The Hall–Kier alpha value is -3.48. The van der Waals surface area contributed by atoms with Crippen molar-refractivity contribution in [1.29, 1.82) is 0 Å². The Morgan fingerprint density at radius 2 is 1.80 bits per heavy atom. The number of fused-ring (bicyclic) bond motifs is 2. The van der Waals surface area contributed by atoms with Gasteiger partial charge in [-0.3, -0.25) is 9.98 Å². The third-order valence-electron chi connectivity index (χ3n) is 5.50. The number of pyridine rings is 1. The molecule has 1 aromatic heterocycles. The first-order chi connectivity index (χ1) is 16.8. The molecule has 5 nitrogen and oxygen atoms in total. The number of rotatable bonds is 4. The molecule has 1 aliphatic carbocycles. The minimum absolute atomic E-state index is 0.0603. The molecular formula is C27H22Cl2FN5. The van der Waals surface area contributed by atoms with Gasteiger partial charge in [0.05, 0.1) is 55.4 Å². The molecular weight excluding hydrogens is 484 g/mol. The molecule has 5 rings (SSSR count). The number of nitrogens with zero attached hydrogens (tertiary/aromatic N) is 4. The first kappa shape index (κ1) is 23.3. The summed E-state index contributed by atoms with van der Waals surface area (Å²) in [6.07, 6.45) is 1.78. The lowest BCUT2D eigenvalue weighted by molar-refractivity contribution is 0.629. The molecule has 2 aromatic carbocycles. The predicted octanol–water partition coefficient (Wildman–Crippen LogP) is 7.33. The Labute approximate surface area is 212 Å². The zero-order valence-corrected chi connectivity index (χ0v) is 20.9. The van der Waals surface area contributed by atoms with Crippen LogP contribution in [0.5, 0.6) is 0 Å². The van der Waals surface area contributed by atoms with E-state index in [1.165, 1.54) is 12.1 Å². The van der Waals surface area contributed by atoms with E-state index in [1.807, 2.05) is 55.7 Å². The van der Waals surface area contributed by atoms with E-state index in [0.29, 0.717) is 21.3 Å². The van der Waals surface area contributed by atoms with Crippen molar-refractivity contribution < 1.29 is 4.39 Å². The second kappa shape index (κ2) is 9.29. The Kier molecular flexibility index (Phi) is 6.17. The summed E-state index contributed by atoms with van der Waals surface area (Å²) in [4.78, 5) is 14.0. The largest absolute Gasteiger partial charge is 0.352 e. The van der Waals surface area contributed by atoms with E-state index in [9.17, 15) is 4.39 Å². The standard InChI is InChI=1S/C27H22Cl2FN5/c1-15(2)32-23-13-27-25(12-22(23)33-18-6-4-16(3)31-14-18)34-24-10-17(30)5-9-26(24)35(27)19-7-8-20(28)21(29)11-19/h4-15,33H,1-3H3/b32-23+. The summed E-state index contributed by atoms with van der Waals surface area (Å²) in [6.45, 7) is 5.99. The minimum Gasteiger partial charge on any atom is -0.352 e. The first-order valence-electron chi connectivity index (χ1n) is 11.1. The van der Waals surface area contributed by atoms with Gasteiger partial charge in [-0.1, -0.05) is 23.2 Å². The van der Waals surface area contributed by atoms with Gasteiger partial charge in [-0.2, -0.15) is 0 Å². The summed E-state index contributed by atoms with van der Waals surface area (Å²) >= 11 is 12.5. The average molecular weight is 506 g/mol. The third-order valence-corrected chi connectivity index (χ3v) is 6.24. The van der Waals surface area contributed by atoms with Gasteiger partial charge in [0.1, 0.15) is 5.82 Å². The Balaban J connectivity index is 1.83. The molecule has 2 aliphatic rings. The van der Waals surface area contributed by atoms with E-state index < -0.39 is 0 Å². The van der Waals surface area contributed by atoms with Gasteiger partial charge in [0.2, 0.25) is 0 Å². The lowest BCUT2D eigenvalue weighted by Gasteiger charge is -2.21. The smallest absolute Gasteiger partial charge is 0.125 e. The maximum absolute atomic E-state index is 14.2. The molecule has 0 spiro atoms. The van der Waals surface area contributed by atoms with Crippen molar-refractivity contribution >= 4 is 45.6 Å². The monoisotopic (exact) mass is 505 g/mol. The molecule has 2 heterocycles. The molecule has 0 saturated heterocycles. The van der Waals surface area contributed by atoms with Crippen LogP contribution in [0.1, 0.15) is 19.5 Å².